The average Bonchev–Trinajstić information content (AvgIpc) is 2.18. The molecule has 1 aliphatic rings. The molecule has 0 aromatic rings. The standard InChI is InChI=1S/C10H17N3O/c1-11-8-10(14)13(3)9-4-6-12(2)7-5-9/h9H,4-8H2,2-3H3. The summed E-state index contributed by atoms with van der Waals surface area (Å²) in [4.78, 5) is 18.5. The maximum atomic E-state index is 11.4. The smallest absolute Gasteiger partial charge is 0.302 e. The Bertz CT molecular complexity index is 238. The fourth-order valence-electron chi connectivity index (χ4n) is 1.77. The minimum Gasteiger partial charge on any atom is -0.336 e. The van der Waals surface area contributed by atoms with Crippen molar-refractivity contribution in [3.8, 4) is 0 Å². The van der Waals surface area contributed by atoms with Gasteiger partial charge in [0.15, 0.2) is 0 Å². The van der Waals surface area contributed by atoms with Gasteiger partial charge in [-0.2, -0.15) is 0 Å². The van der Waals surface area contributed by atoms with Gasteiger partial charge < -0.3 is 14.6 Å². The monoisotopic (exact) mass is 195 g/mol. The van der Waals surface area contributed by atoms with Crippen molar-refractivity contribution in [1.82, 2.24) is 9.80 Å². The molecule has 0 unspecified atom stereocenters. The summed E-state index contributed by atoms with van der Waals surface area (Å²) >= 11 is 0. The second-order valence-corrected chi connectivity index (χ2v) is 3.86. The van der Waals surface area contributed by atoms with Crippen molar-refractivity contribution in [2.45, 2.75) is 18.9 Å². The summed E-state index contributed by atoms with van der Waals surface area (Å²) < 4.78 is 0. The van der Waals surface area contributed by atoms with Gasteiger partial charge in [0.2, 0.25) is 0 Å². The maximum absolute atomic E-state index is 11.4. The second kappa shape index (κ2) is 4.97. The van der Waals surface area contributed by atoms with Gasteiger partial charge in [-0.15, -0.1) is 0 Å². The van der Waals surface area contributed by atoms with Gasteiger partial charge in [-0.3, -0.25) is 4.79 Å². The lowest BCUT2D eigenvalue weighted by Crippen LogP contribution is -2.45. The predicted molar refractivity (Wildman–Crippen MR) is 54.8 cm³/mol. The third-order valence-electron chi connectivity index (χ3n) is 2.84. The summed E-state index contributed by atoms with van der Waals surface area (Å²) in [5.74, 6) is -0.0467. The van der Waals surface area contributed by atoms with Crippen molar-refractivity contribution in [2.75, 3.05) is 33.7 Å². The molecular formula is C10H17N3O. The number of hydrogen-bond acceptors (Lipinski definition) is 2. The number of carbonyl (C=O) groups is 1. The Kier molecular flexibility index (Phi) is 3.90. The van der Waals surface area contributed by atoms with Gasteiger partial charge >= 0.3 is 5.91 Å². The number of hydrogen-bond donors (Lipinski definition) is 0. The molecule has 0 saturated carbocycles. The zero-order valence-electron chi connectivity index (χ0n) is 8.86. The molecule has 0 N–H and O–H groups in total. The van der Waals surface area contributed by atoms with Crippen molar-refractivity contribution in [1.29, 1.82) is 0 Å². The minimum absolute atomic E-state index is 0.0111. The molecule has 0 radical (unpaired) electrons. The largest absolute Gasteiger partial charge is 0.336 e. The zero-order chi connectivity index (χ0) is 10.6. The Morgan fingerprint density at radius 2 is 2.14 bits per heavy atom. The Morgan fingerprint density at radius 1 is 1.57 bits per heavy atom. The molecule has 0 atom stereocenters. The first kappa shape index (κ1) is 11.0. The number of piperidine rings is 1. The summed E-state index contributed by atoms with van der Waals surface area (Å²) in [7, 11) is 3.90. The Labute approximate surface area is 85.3 Å². The first-order valence-electron chi connectivity index (χ1n) is 4.92. The Morgan fingerprint density at radius 3 is 2.64 bits per heavy atom. The first-order valence-corrected chi connectivity index (χ1v) is 4.92. The lowest BCUT2D eigenvalue weighted by atomic mass is 10.0. The van der Waals surface area contributed by atoms with Crippen LogP contribution >= 0.6 is 0 Å². The predicted octanol–water partition coefficient (Wildman–Crippen LogP) is 0.458. The lowest BCUT2D eigenvalue weighted by Gasteiger charge is -2.34. The molecule has 14 heavy (non-hydrogen) atoms. The van der Waals surface area contributed by atoms with Crippen LogP contribution in [0.4, 0.5) is 0 Å². The molecule has 1 fully saturated rings. The van der Waals surface area contributed by atoms with Crippen molar-refractivity contribution in [3.05, 3.63) is 11.4 Å². The highest BCUT2D eigenvalue weighted by atomic mass is 16.2. The third-order valence-corrected chi connectivity index (χ3v) is 2.84. The average molecular weight is 195 g/mol. The van der Waals surface area contributed by atoms with E-state index in [1.54, 1.807) is 4.90 Å². The molecule has 0 spiro atoms. The molecule has 78 valence electrons. The molecule has 1 rings (SSSR count). The second-order valence-electron chi connectivity index (χ2n) is 3.86. The third kappa shape index (κ3) is 2.71. The molecule has 4 nitrogen and oxygen atoms in total. The van der Waals surface area contributed by atoms with E-state index in [9.17, 15) is 4.79 Å². The summed E-state index contributed by atoms with van der Waals surface area (Å²) in [6.07, 6.45) is 2.05. The van der Waals surface area contributed by atoms with E-state index in [2.05, 4.69) is 16.8 Å². The summed E-state index contributed by atoms with van der Waals surface area (Å²) in [6, 6.07) is 0.334. The molecule has 0 aromatic heterocycles. The van der Waals surface area contributed by atoms with Gasteiger partial charge in [-0.1, -0.05) is 0 Å². The molecule has 1 amide bonds. The molecule has 1 saturated heterocycles. The quantitative estimate of drug-likeness (QED) is 0.599. The fourth-order valence-corrected chi connectivity index (χ4v) is 1.77. The molecule has 0 bridgehead atoms. The van der Waals surface area contributed by atoms with Crippen LogP contribution in [0.15, 0.2) is 0 Å². The van der Waals surface area contributed by atoms with Gasteiger partial charge in [0.25, 0.3) is 6.54 Å². The number of rotatable bonds is 2. The first-order chi connectivity index (χ1) is 6.65. The topological polar surface area (TPSA) is 27.9 Å². The Balaban J connectivity index is 2.41. The number of likely N-dealkylation sites (tertiary alicyclic amines) is 1. The van der Waals surface area contributed by atoms with E-state index in [4.69, 9.17) is 6.57 Å². The summed E-state index contributed by atoms with van der Waals surface area (Å²) in [6.45, 7) is 8.71. The van der Waals surface area contributed by atoms with E-state index in [0.717, 1.165) is 25.9 Å². The number of likely N-dealkylation sites (N-methyl/N-ethyl adjacent to an activating group) is 1. The van der Waals surface area contributed by atoms with Crippen LogP contribution in [-0.4, -0.2) is 55.5 Å². The normalized spacial score (nSPS) is 18.9. The number of carbonyl (C=O) groups excluding carboxylic acids is 1. The van der Waals surface area contributed by atoms with E-state index in [1.165, 1.54) is 0 Å². The molecule has 4 heteroatoms. The lowest BCUT2D eigenvalue weighted by molar-refractivity contribution is -0.130. The van der Waals surface area contributed by atoms with Crippen LogP contribution in [-0.2, 0) is 4.79 Å². The van der Waals surface area contributed by atoms with Crippen LogP contribution in [0.25, 0.3) is 4.85 Å². The number of nitrogens with zero attached hydrogens (tertiary/aromatic N) is 3. The molecule has 0 aromatic carbocycles. The highest BCUT2D eigenvalue weighted by Crippen LogP contribution is 2.13. The van der Waals surface area contributed by atoms with Crippen molar-refractivity contribution >= 4 is 5.91 Å². The SMILES string of the molecule is [C-]#[N+]CC(=O)N(C)C1CCN(C)CC1. The molecule has 0 aliphatic carbocycles. The van der Waals surface area contributed by atoms with E-state index in [-0.39, 0.29) is 12.5 Å². The van der Waals surface area contributed by atoms with E-state index in [1.807, 2.05) is 7.05 Å². The van der Waals surface area contributed by atoms with Gasteiger partial charge in [0, 0.05) is 13.1 Å². The highest BCUT2D eigenvalue weighted by Gasteiger charge is 2.24. The van der Waals surface area contributed by atoms with Crippen LogP contribution in [0.1, 0.15) is 12.8 Å². The zero-order valence-corrected chi connectivity index (χ0v) is 8.86. The van der Waals surface area contributed by atoms with E-state index in [0.29, 0.717) is 6.04 Å². The van der Waals surface area contributed by atoms with Gasteiger partial charge in [0.1, 0.15) is 0 Å². The van der Waals surface area contributed by atoms with Crippen LogP contribution < -0.4 is 0 Å². The Hall–Kier alpha value is -1.08. The number of amides is 1. The van der Waals surface area contributed by atoms with Crippen LogP contribution in [0, 0.1) is 6.57 Å². The van der Waals surface area contributed by atoms with Crippen molar-refractivity contribution in [2.24, 2.45) is 0 Å². The minimum atomic E-state index is -0.0467. The van der Waals surface area contributed by atoms with Crippen LogP contribution in [0.3, 0.4) is 0 Å². The molecular weight excluding hydrogens is 178 g/mol. The summed E-state index contributed by atoms with van der Waals surface area (Å²) in [5, 5.41) is 0. The van der Waals surface area contributed by atoms with Gasteiger partial charge in [0.05, 0.1) is 0 Å². The highest BCUT2D eigenvalue weighted by molar-refractivity contribution is 5.79. The fraction of sp³-hybridized carbons (Fsp3) is 0.800. The van der Waals surface area contributed by atoms with Crippen molar-refractivity contribution in [3.63, 3.8) is 0 Å². The van der Waals surface area contributed by atoms with E-state index >= 15 is 0 Å². The van der Waals surface area contributed by atoms with Crippen LogP contribution in [0.5, 0.6) is 0 Å². The van der Waals surface area contributed by atoms with Gasteiger partial charge in [-0.05, 0) is 33.0 Å². The molecule has 1 aliphatic heterocycles. The molecule has 1 heterocycles. The van der Waals surface area contributed by atoms with Crippen LogP contribution in [0.2, 0.25) is 0 Å². The van der Waals surface area contributed by atoms with Crippen molar-refractivity contribution < 1.29 is 4.79 Å². The summed E-state index contributed by atoms with van der Waals surface area (Å²) in [5.41, 5.74) is 0. The van der Waals surface area contributed by atoms with Gasteiger partial charge in [-0.25, -0.2) is 6.57 Å². The maximum Gasteiger partial charge on any atom is 0.302 e. The van der Waals surface area contributed by atoms with E-state index < -0.39 is 0 Å².